The van der Waals surface area contributed by atoms with E-state index in [1.165, 1.54) is 0 Å². The zero-order valence-corrected chi connectivity index (χ0v) is 13.2. The van der Waals surface area contributed by atoms with Crippen LogP contribution >= 0.6 is 0 Å². The molecule has 0 aliphatic carbocycles. The molecule has 0 saturated heterocycles. The molecule has 2 aromatic carbocycles. The molecular formula is C16H20N2O2S. The van der Waals surface area contributed by atoms with E-state index in [4.69, 9.17) is 5.73 Å². The molecule has 0 heterocycles. The van der Waals surface area contributed by atoms with Gasteiger partial charge in [-0.05, 0) is 49.6 Å². The molecule has 2 rings (SSSR count). The van der Waals surface area contributed by atoms with E-state index >= 15 is 0 Å². The van der Waals surface area contributed by atoms with E-state index < -0.39 is 10.0 Å². The lowest BCUT2D eigenvalue weighted by Gasteiger charge is -2.17. The first kappa shape index (κ1) is 15.5. The van der Waals surface area contributed by atoms with Crippen molar-refractivity contribution in [2.45, 2.75) is 31.7 Å². The first-order valence-corrected chi connectivity index (χ1v) is 8.23. The number of aryl methyl sites for hydroxylation is 1. The summed E-state index contributed by atoms with van der Waals surface area (Å²) < 4.78 is 27.8. The average molecular weight is 304 g/mol. The Balaban J connectivity index is 2.35. The molecule has 5 heteroatoms. The lowest BCUT2D eigenvalue weighted by atomic mass is 10.1. The quantitative estimate of drug-likeness (QED) is 0.853. The maximum Gasteiger partial charge on any atom is 0.241 e. The lowest BCUT2D eigenvalue weighted by Crippen LogP contribution is -2.27. The van der Waals surface area contributed by atoms with Gasteiger partial charge in [0.25, 0.3) is 0 Å². The molecule has 0 amide bonds. The molecule has 0 fully saturated rings. The molecule has 0 bridgehead atoms. The second kappa shape index (κ2) is 5.87. The molecule has 112 valence electrons. The summed E-state index contributed by atoms with van der Waals surface area (Å²) in [4.78, 5) is 0.239. The molecule has 3 N–H and O–H groups in total. The standard InChI is InChI=1S/C16H20N2O2S/c1-11-9-15(17)12(2)16(10-11)21(19,20)18-13(3)14-7-5-4-6-8-14/h4-10,13,18H,17H2,1-3H3. The lowest BCUT2D eigenvalue weighted by molar-refractivity contribution is 0.566. The van der Waals surface area contributed by atoms with Crippen molar-refractivity contribution in [1.29, 1.82) is 0 Å². The number of nitrogens with two attached hydrogens (primary N) is 1. The van der Waals surface area contributed by atoms with Gasteiger partial charge in [-0.15, -0.1) is 0 Å². The predicted molar refractivity (Wildman–Crippen MR) is 85.5 cm³/mol. The van der Waals surface area contributed by atoms with E-state index in [0.29, 0.717) is 11.3 Å². The van der Waals surface area contributed by atoms with Crippen LogP contribution in [-0.2, 0) is 10.0 Å². The number of benzene rings is 2. The summed E-state index contributed by atoms with van der Waals surface area (Å²) in [7, 11) is -3.61. The number of hydrogen-bond acceptors (Lipinski definition) is 3. The van der Waals surface area contributed by atoms with Gasteiger partial charge in [-0.25, -0.2) is 13.1 Å². The first-order chi connectivity index (χ1) is 9.81. The number of hydrogen-bond donors (Lipinski definition) is 2. The molecule has 1 atom stereocenters. The van der Waals surface area contributed by atoms with E-state index in [-0.39, 0.29) is 10.9 Å². The van der Waals surface area contributed by atoms with Gasteiger partial charge >= 0.3 is 0 Å². The van der Waals surface area contributed by atoms with Crippen molar-refractivity contribution in [3.63, 3.8) is 0 Å². The predicted octanol–water partition coefficient (Wildman–Crippen LogP) is 2.93. The van der Waals surface area contributed by atoms with Gasteiger partial charge in [0.05, 0.1) is 4.90 Å². The third-order valence-corrected chi connectivity index (χ3v) is 5.13. The van der Waals surface area contributed by atoms with Gasteiger partial charge in [0.15, 0.2) is 0 Å². The number of sulfonamides is 1. The fourth-order valence-corrected chi connectivity index (χ4v) is 3.83. The highest BCUT2D eigenvalue weighted by atomic mass is 32.2. The summed E-state index contributed by atoms with van der Waals surface area (Å²) in [6.45, 7) is 5.37. The van der Waals surface area contributed by atoms with Gasteiger partial charge in [0.2, 0.25) is 10.0 Å². The Morgan fingerprint density at radius 1 is 1.10 bits per heavy atom. The van der Waals surface area contributed by atoms with Gasteiger partial charge in [0, 0.05) is 11.7 Å². The zero-order chi connectivity index (χ0) is 15.6. The largest absolute Gasteiger partial charge is 0.398 e. The number of rotatable bonds is 4. The van der Waals surface area contributed by atoms with Crippen molar-refractivity contribution >= 4 is 15.7 Å². The fourth-order valence-electron chi connectivity index (χ4n) is 2.24. The van der Waals surface area contributed by atoms with Crippen LogP contribution in [0, 0.1) is 13.8 Å². The van der Waals surface area contributed by atoms with Crippen LogP contribution in [0.1, 0.15) is 29.7 Å². The Kier molecular flexibility index (Phi) is 4.34. The molecule has 1 unspecified atom stereocenters. The first-order valence-electron chi connectivity index (χ1n) is 6.75. The zero-order valence-electron chi connectivity index (χ0n) is 12.4. The second-order valence-corrected chi connectivity index (χ2v) is 6.91. The SMILES string of the molecule is Cc1cc(N)c(C)c(S(=O)(=O)NC(C)c2ccccc2)c1. The van der Waals surface area contributed by atoms with Crippen molar-refractivity contribution in [1.82, 2.24) is 4.72 Å². The van der Waals surface area contributed by atoms with E-state index in [1.54, 1.807) is 19.1 Å². The van der Waals surface area contributed by atoms with Crippen LogP contribution < -0.4 is 10.5 Å². The highest BCUT2D eigenvalue weighted by Gasteiger charge is 2.21. The summed E-state index contributed by atoms with van der Waals surface area (Å²) in [6, 6.07) is 12.6. The minimum Gasteiger partial charge on any atom is -0.398 e. The Labute approximate surface area is 126 Å². The second-order valence-electron chi connectivity index (χ2n) is 5.23. The van der Waals surface area contributed by atoms with Crippen LogP contribution in [0.4, 0.5) is 5.69 Å². The molecular weight excluding hydrogens is 284 g/mol. The van der Waals surface area contributed by atoms with E-state index in [1.807, 2.05) is 44.2 Å². The van der Waals surface area contributed by atoms with E-state index in [0.717, 1.165) is 11.1 Å². The molecule has 0 aliphatic rings. The fraction of sp³-hybridized carbons (Fsp3) is 0.250. The topological polar surface area (TPSA) is 72.2 Å². The highest BCUT2D eigenvalue weighted by Crippen LogP contribution is 2.24. The maximum absolute atomic E-state index is 12.6. The third-order valence-electron chi connectivity index (χ3n) is 3.47. The number of anilines is 1. The Hall–Kier alpha value is -1.85. The third kappa shape index (κ3) is 3.43. The summed E-state index contributed by atoms with van der Waals surface area (Å²) in [6.07, 6.45) is 0. The van der Waals surface area contributed by atoms with Gasteiger partial charge in [-0.1, -0.05) is 30.3 Å². The Morgan fingerprint density at radius 2 is 1.71 bits per heavy atom. The molecule has 0 aliphatic heterocycles. The smallest absolute Gasteiger partial charge is 0.241 e. The maximum atomic E-state index is 12.6. The number of nitrogens with one attached hydrogen (secondary N) is 1. The molecule has 2 aromatic rings. The molecule has 0 saturated carbocycles. The van der Waals surface area contributed by atoms with Crippen molar-refractivity contribution < 1.29 is 8.42 Å². The minimum absolute atomic E-state index is 0.239. The Morgan fingerprint density at radius 3 is 2.33 bits per heavy atom. The summed E-state index contributed by atoms with van der Waals surface area (Å²) in [5.41, 5.74) is 8.67. The summed E-state index contributed by atoms with van der Waals surface area (Å²) >= 11 is 0. The number of nitrogen functional groups attached to an aromatic ring is 1. The van der Waals surface area contributed by atoms with Gasteiger partial charge < -0.3 is 5.73 Å². The van der Waals surface area contributed by atoms with E-state index in [9.17, 15) is 8.42 Å². The highest BCUT2D eigenvalue weighted by molar-refractivity contribution is 7.89. The van der Waals surface area contributed by atoms with Crippen molar-refractivity contribution in [2.75, 3.05) is 5.73 Å². The van der Waals surface area contributed by atoms with Crippen LogP contribution in [0.25, 0.3) is 0 Å². The Bertz CT molecular complexity index is 740. The van der Waals surface area contributed by atoms with Crippen LogP contribution in [0.5, 0.6) is 0 Å². The van der Waals surface area contributed by atoms with Crippen LogP contribution in [0.3, 0.4) is 0 Å². The molecule has 0 aromatic heterocycles. The van der Waals surface area contributed by atoms with Crippen molar-refractivity contribution in [3.05, 3.63) is 59.2 Å². The molecule has 0 radical (unpaired) electrons. The van der Waals surface area contributed by atoms with Crippen LogP contribution in [-0.4, -0.2) is 8.42 Å². The van der Waals surface area contributed by atoms with Crippen molar-refractivity contribution in [2.24, 2.45) is 0 Å². The average Bonchev–Trinajstić information content (AvgIpc) is 2.43. The molecule has 21 heavy (non-hydrogen) atoms. The molecule has 4 nitrogen and oxygen atoms in total. The van der Waals surface area contributed by atoms with E-state index in [2.05, 4.69) is 4.72 Å². The van der Waals surface area contributed by atoms with Gasteiger partial charge in [0.1, 0.15) is 0 Å². The van der Waals surface area contributed by atoms with Gasteiger partial charge in [-0.2, -0.15) is 0 Å². The van der Waals surface area contributed by atoms with Crippen molar-refractivity contribution in [3.8, 4) is 0 Å². The normalized spacial score (nSPS) is 13.1. The van der Waals surface area contributed by atoms with Crippen LogP contribution in [0.15, 0.2) is 47.4 Å². The van der Waals surface area contributed by atoms with Gasteiger partial charge in [-0.3, -0.25) is 0 Å². The van der Waals surface area contributed by atoms with Crippen LogP contribution in [0.2, 0.25) is 0 Å². The minimum atomic E-state index is -3.61. The summed E-state index contributed by atoms with van der Waals surface area (Å²) in [5, 5.41) is 0. The summed E-state index contributed by atoms with van der Waals surface area (Å²) in [5.74, 6) is 0. The monoisotopic (exact) mass is 304 g/mol. The molecule has 0 spiro atoms.